The normalized spacial score (nSPS) is 18.0. The molecule has 5 rings (SSSR count). The maximum atomic E-state index is 13.5. The smallest absolute Gasteiger partial charge is 0.332 e. The fourth-order valence-electron chi connectivity index (χ4n) is 3.95. The van der Waals surface area contributed by atoms with Crippen LogP contribution in [0.15, 0.2) is 58.0 Å². The number of hydrogen-bond donors (Lipinski definition) is 0. The SMILES string of the molecule is COC(=O)/C=c1\sc2n(c1=O)C(c1ccc(F)cc1)C1=C(N=2)c2cccn2CC1. The fourth-order valence-corrected chi connectivity index (χ4v) is 4.91. The van der Waals surface area contributed by atoms with E-state index < -0.39 is 12.0 Å². The monoisotopic (exact) mass is 409 g/mol. The van der Waals surface area contributed by atoms with Crippen molar-refractivity contribution in [3.8, 4) is 0 Å². The molecule has 2 aliphatic heterocycles. The molecule has 2 aliphatic rings. The molecule has 0 spiro atoms. The molecule has 4 heterocycles. The van der Waals surface area contributed by atoms with Crippen molar-refractivity contribution >= 4 is 29.1 Å². The first-order valence-electron chi connectivity index (χ1n) is 9.10. The van der Waals surface area contributed by atoms with E-state index >= 15 is 0 Å². The third kappa shape index (κ3) is 2.79. The Morgan fingerprint density at radius 1 is 1.31 bits per heavy atom. The van der Waals surface area contributed by atoms with E-state index in [0.29, 0.717) is 4.80 Å². The van der Waals surface area contributed by atoms with Crippen LogP contribution in [-0.4, -0.2) is 22.2 Å². The van der Waals surface area contributed by atoms with Crippen LogP contribution in [0.25, 0.3) is 11.8 Å². The fraction of sp³-hybridized carbons (Fsp3) is 0.190. The van der Waals surface area contributed by atoms with Gasteiger partial charge in [0.1, 0.15) is 10.3 Å². The van der Waals surface area contributed by atoms with Gasteiger partial charge in [-0.15, -0.1) is 0 Å². The van der Waals surface area contributed by atoms with Crippen LogP contribution in [0.4, 0.5) is 4.39 Å². The molecule has 0 bridgehead atoms. The average Bonchev–Trinajstić information content (AvgIpc) is 3.32. The van der Waals surface area contributed by atoms with Gasteiger partial charge in [0.15, 0.2) is 4.80 Å². The van der Waals surface area contributed by atoms with Crippen LogP contribution < -0.4 is 14.9 Å². The average molecular weight is 409 g/mol. The van der Waals surface area contributed by atoms with Crippen molar-refractivity contribution < 1.29 is 13.9 Å². The molecule has 0 fully saturated rings. The number of carbonyl (C=O) groups excluding carboxylic acids is 1. The molecule has 146 valence electrons. The van der Waals surface area contributed by atoms with Crippen molar-refractivity contribution in [2.24, 2.45) is 4.99 Å². The minimum atomic E-state index is -0.591. The van der Waals surface area contributed by atoms with E-state index in [-0.39, 0.29) is 15.9 Å². The van der Waals surface area contributed by atoms with Crippen LogP contribution in [0.3, 0.4) is 0 Å². The Morgan fingerprint density at radius 3 is 2.86 bits per heavy atom. The number of allylic oxidation sites excluding steroid dienone is 1. The molecule has 1 unspecified atom stereocenters. The van der Waals surface area contributed by atoms with Crippen molar-refractivity contribution in [2.45, 2.75) is 19.0 Å². The maximum Gasteiger partial charge on any atom is 0.332 e. The van der Waals surface area contributed by atoms with Gasteiger partial charge in [-0.1, -0.05) is 23.5 Å². The Bertz CT molecular complexity index is 1340. The van der Waals surface area contributed by atoms with Crippen molar-refractivity contribution in [2.75, 3.05) is 7.11 Å². The zero-order valence-corrected chi connectivity index (χ0v) is 16.3. The van der Waals surface area contributed by atoms with Gasteiger partial charge in [-0.3, -0.25) is 9.36 Å². The van der Waals surface area contributed by atoms with Crippen LogP contribution >= 0.6 is 11.3 Å². The number of carbonyl (C=O) groups is 1. The second kappa shape index (κ2) is 6.66. The third-order valence-corrected chi connectivity index (χ3v) is 6.25. The number of rotatable bonds is 2. The van der Waals surface area contributed by atoms with Crippen LogP contribution in [-0.2, 0) is 16.1 Å². The van der Waals surface area contributed by atoms with Gasteiger partial charge in [-0.2, -0.15) is 0 Å². The summed E-state index contributed by atoms with van der Waals surface area (Å²) in [5.74, 6) is -0.926. The Morgan fingerprint density at radius 2 is 2.10 bits per heavy atom. The molecule has 8 heteroatoms. The Labute approximate surface area is 168 Å². The van der Waals surface area contributed by atoms with E-state index in [0.717, 1.165) is 46.8 Å². The zero-order valence-electron chi connectivity index (χ0n) is 15.5. The summed E-state index contributed by atoms with van der Waals surface area (Å²) in [5, 5.41) is 0. The molecular formula is C21H16FN3O3S. The summed E-state index contributed by atoms with van der Waals surface area (Å²) in [6.07, 6.45) is 3.92. The number of methoxy groups -OCH3 is 1. The lowest BCUT2D eigenvalue weighted by atomic mass is 9.91. The number of halogens is 1. The summed E-state index contributed by atoms with van der Waals surface area (Å²) in [7, 11) is 1.27. The molecule has 1 aromatic carbocycles. The quantitative estimate of drug-likeness (QED) is 0.607. The lowest BCUT2D eigenvalue weighted by Crippen LogP contribution is -2.39. The molecule has 0 saturated carbocycles. The number of benzene rings is 1. The maximum absolute atomic E-state index is 13.5. The van der Waals surface area contributed by atoms with Crippen molar-refractivity contribution in [3.63, 3.8) is 0 Å². The number of nitrogens with zero attached hydrogens (tertiary/aromatic N) is 3. The minimum absolute atomic E-state index is 0.262. The summed E-state index contributed by atoms with van der Waals surface area (Å²) in [6.45, 7) is 0.781. The molecule has 0 aliphatic carbocycles. The van der Waals surface area contributed by atoms with Crippen LogP contribution in [0.1, 0.15) is 23.7 Å². The number of fused-ring (bicyclic) bond motifs is 3. The van der Waals surface area contributed by atoms with E-state index in [4.69, 9.17) is 4.99 Å². The standard InChI is InChI=1S/C21H16FN3O3S/c1-28-17(26)11-16-20(27)25-19(12-4-6-13(22)7-5-12)14-8-10-24-9-2-3-15(24)18(14)23-21(25)29-16/h2-7,9,11,19H,8,10H2,1H3/b16-11-. The summed E-state index contributed by atoms with van der Waals surface area (Å²) in [6, 6.07) is 9.76. The molecule has 3 aromatic rings. The van der Waals surface area contributed by atoms with Gasteiger partial charge < -0.3 is 9.30 Å². The molecule has 29 heavy (non-hydrogen) atoms. The highest BCUT2D eigenvalue weighted by atomic mass is 32.1. The Balaban J connectivity index is 1.81. The van der Waals surface area contributed by atoms with Crippen LogP contribution in [0.2, 0.25) is 0 Å². The van der Waals surface area contributed by atoms with E-state index in [9.17, 15) is 14.0 Å². The topological polar surface area (TPSA) is 65.6 Å². The number of aromatic nitrogens is 2. The lowest BCUT2D eigenvalue weighted by Gasteiger charge is -2.30. The van der Waals surface area contributed by atoms with Gasteiger partial charge >= 0.3 is 5.97 Å². The molecular weight excluding hydrogens is 393 g/mol. The second-order valence-electron chi connectivity index (χ2n) is 6.87. The Kier molecular flexibility index (Phi) is 4.09. The van der Waals surface area contributed by atoms with Gasteiger partial charge in [0.05, 0.1) is 24.5 Å². The first kappa shape index (κ1) is 17.8. The number of esters is 1. The van der Waals surface area contributed by atoms with E-state index in [1.807, 2.05) is 18.3 Å². The first-order chi connectivity index (χ1) is 14.1. The van der Waals surface area contributed by atoms with Gasteiger partial charge in [-0.25, -0.2) is 14.2 Å². The Hall–Kier alpha value is -3.26. The third-order valence-electron chi connectivity index (χ3n) is 5.27. The van der Waals surface area contributed by atoms with E-state index in [2.05, 4.69) is 9.30 Å². The molecule has 0 N–H and O–H groups in total. The highest BCUT2D eigenvalue weighted by Crippen LogP contribution is 2.39. The van der Waals surface area contributed by atoms with Crippen LogP contribution in [0.5, 0.6) is 0 Å². The van der Waals surface area contributed by atoms with Gasteiger partial charge in [0, 0.05) is 18.8 Å². The number of aryl methyl sites for hydroxylation is 1. The minimum Gasteiger partial charge on any atom is -0.466 e. The molecule has 6 nitrogen and oxygen atoms in total. The van der Waals surface area contributed by atoms with Crippen LogP contribution in [0, 0.1) is 5.82 Å². The molecule has 0 amide bonds. The second-order valence-corrected chi connectivity index (χ2v) is 7.88. The lowest BCUT2D eigenvalue weighted by molar-refractivity contribution is -0.133. The largest absolute Gasteiger partial charge is 0.466 e. The number of hydrogen-bond acceptors (Lipinski definition) is 5. The van der Waals surface area contributed by atoms with Gasteiger partial charge in [-0.05, 0) is 41.8 Å². The predicted molar refractivity (Wildman–Crippen MR) is 106 cm³/mol. The molecule has 0 saturated heterocycles. The highest BCUT2D eigenvalue weighted by molar-refractivity contribution is 7.07. The first-order valence-corrected chi connectivity index (χ1v) is 9.92. The molecule has 2 aromatic heterocycles. The summed E-state index contributed by atoms with van der Waals surface area (Å²) >= 11 is 1.15. The number of thiazole rings is 1. The van der Waals surface area contributed by atoms with Crippen molar-refractivity contribution in [3.05, 3.63) is 84.9 Å². The molecule has 0 radical (unpaired) electrons. The van der Waals surface area contributed by atoms with Crippen molar-refractivity contribution in [1.29, 1.82) is 0 Å². The summed E-state index contributed by atoms with van der Waals surface area (Å²) in [5.41, 5.74) is 3.34. The van der Waals surface area contributed by atoms with E-state index in [1.54, 1.807) is 16.7 Å². The van der Waals surface area contributed by atoms with Gasteiger partial charge in [0.25, 0.3) is 5.56 Å². The van der Waals surface area contributed by atoms with Gasteiger partial charge in [0.2, 0.25) is 0 Å². The molecule has 1 atom stereocenters. The van der Waals surface area contributed by atoms with E-state index in [1.165, 1.54) is 25.3 Å². The highest BCUT2D eigenvalue weighted by Gasteiger charge is 2.32. The zero-order chi connectivity index (χ0) is 20.1. The number of ether oxygens (including phenoxy) is 1. The predicted octanol–water partition coefficient (Wildman–Crippen LogP) is 1.84. The summed E-state index contributed by atoms with van der Waals surface area (Å²) < 4.78 is 22.2. The van der Waals surface area contributed by atoms with Crippen molar-refractivity contribution in [1.82, 2.24) is 9.13 Å². The summed E-state index contributed by atoms with van der Waals surface area (Å²) in [4.78, 5) is 30.2.